The maximum atomic E-state index is 11.1. The van der Waals surface area contributed by atoms with Crippen molar-refractivity contribution < 1.29 is 14.8 Å². The molecule has 2 rings (SSSR count). The first-order valence-electron chi connectivity index (χ1n) is 6.68. The second-order valence-electron chi connectivity index (χ2n) is 5.25. The molecule has 1 aromatic carbocycles. The molecule has 1 aromatic rings. The molecule has 6 nitrogen and oxygen atoms in total. The molecule has 21 heavy (non-hydrogen) atoms. The van der Waals surface area contributed by atoms with E-state index in [4.69, 9.17) is 10.00 Å². The van der Waals surface area contributed by atoms with E-state index in [1.54, 1.807) is 0 Å². The highest BCUT2D eigenvalue weighted by atomic mass is 127. The summed E-state index contributed by atoms with van der Waals surface area (Å²) in [4.78, 5) is 10.6. The number of aliphatic hydroxyl groups is 1. The zero-order valence-electron chi connectivity index (χ0n) is 11.3. The van der Waals surface area contributed by atoms with Gasteiger partial charge in [0.25, 0.3) is 0 Å². The van der Waals surface area contributed by atoms with Gasteiger partial charge in [0.05, 0.1) is 25.7 Å². The highest BCUT2D eigenvalue weighted by Gasteiger charge is 2.31. The molecule has 0 bridgehead atoms. The van der Waals surface area contributed by atoms with Crippen LogP contribution in [0.4, 0.5) is 5.69 Å². The Morgan fingerprint density at radius 1 is 1.43 bits per heavy atom. The molecule has 0 saturated heterocycles. The minimum absolute atomic E-state index is 0.0374. The van der Waals surface area contributed by atoms with Gasteiger partial charge in [-0.1, -0.05) is 19.3 Å². The summed E-state index contributed by atoms with van der Waals surface area (Å²) in [7, 11) is 0. The fourth-order valence-corrected chi connectivity index (χ4v) is 3.25. The highest BCUT2D eigenvalue weighted by molar-refractivity contribution is 14.1. The van der Waals surface area contributed by atoms with E-state index < -0.39 is 10.5 Å². The predicted octanol–water partition coefficient (Wildman–Crippen LogP) is 3.15. The maximum Gasteiger partial charge on any atom is 0.313 e. The van der Waals surface area contributed by atoms with Crippen LogP contribution >= 0.6 is 22.6 Å². The lowest BCUT2D eigenvalue weighted by Gasteiger charge is -2.31. The van der Waals surface area contributed by atoms with Crippen LogP contribution in [0.2, 0.25) is 0 Å². The van der Waals surface area contributed by atoms with Crippen molar-refractivity contribution in [2.45, 2.75) is 37.7 Å². The van der Waals surface area contributed by atoms with Crippen LogP contribution in [0, 0.1) is 25.0 Å². The van der Waals surface area contributed by atoms with Crippen LogP contribution in [0.25, 0.3) is 0 Å². The Kier molecular flexibility index (Phi) is 5.00. The van der Waals surface area contributed by atoms with Gasteiger partial charge in [0.15, 0.2) is 0 Å². The normalized spacial score (nSPS) is 17.0. The highest BCUT2D eigenvalue weighted by Crippen LogP contribution is 2.35. The summed E-state index contributed by atoms with van der Waals surface area (Å²) in [6, 6.07) is 4.62. The Hall–Kier alpha value is -1.40. The molecule has 0 atom stereocenters. The molecule has 0 aromatic heterocycles. The fourth-order valence-electron chi connectivity index (χ4n) is 2.48. The van der Waals surface area contributed by atoms with Crippen LogP contribution in [0.3, 0.4) is 0 Å². The molecular weight excluding hydrogens is 387 g/mol. The van der Waals surface area contributed by atoms with Crippen LogP contribution in [-0.4, -0.2) is 22.2 Å². The molecule has 0 spiro atoms. The monoisotopic (exact) mass is 402 g/mol. The first kappa shape index (κ1) is 16.0. The first-order valence-corrected chi connectivity index (χ1v) is 7.76. The summed E-state index contributed by atoms with van der Waals surface area (Å²) in [6.07, 6.45) is 4.26. The average Bonchev–Trinajstić information content (AvgIpc) is 2.45. The van der Waals surface area contributed by atoms with Crippen LogP contribution in [0.15, 0.2) is 12.1 Å². The topological polar surface area (TPSA) is 96.4 Å². The number of rotatable bonds is 4. The summed E-state index contributed by atoms with van der Waals surface area (Å²) in [5.74, 6) is 0.124. The van der Waals surface area contributed by atoms with Gasteiger partial charge >= 0.3 is 5.69 Å². The Morgan fingerprint density at radius 3 is 2.67 bits per heavy atom. The Bertz CT molecular complexity index is 591. The smallest absolute Gasteiger partial charge is 0.313 e. The number of hydrogen-bond donors (Lipinski definition) is 1. The zero-order valence-corrected chi connectivity index (χ0v) is 13.5. The summed E-state index contributed by atoms with van der Waals surface area (Å²) in [5, 5.41) is 30.4. The first-order chi connectivity index (χ1) is 9.95. The number of nitrogens with zero attached hydrogens (tertiary/aromatic N) is 2. The Morgan fingerprint density at radius 2 is 2.10 bits per heavy atom. The molecule has 7 heteroatoms. The van der Waals surface area contributed by atoms with Gasteiger partial charge in [0.1, 0.15) is 6.61 Å². The number of nitriles is 1. The van der Waals surface area contributed by atoms with Gasteiger partial charge in [-0.05, 0) is 41.5 Å². The van der Waals surface area contributed by atoms with E-state index in [2.05, 4.69) is 0 Å². The van der Waals surface area contributed by atoms with Gasteiger partial charge in [-0.3, -0.25) is 10.1 Å². The van der Waals surface area contributed by atoms with E-state index >= 15 is 0 Å². The second kappa shape index (κ2) is 6.58. The van der Waals surface area contributed by atoms with Gasteiger partial charge in [-0.25, -0.2) is 0 Å². The molecule has 0 amide bonds. The number of hydrogen-bond acceptors (Lipinski definition) is 5. The number of ether oxygens (including phenoxy) is 1. The number of halogens is 1. The predicted molar refractivity (Wildman–Crippen MR) is 84.1 cm³/mol. The average molecular weight is 402 g/mol. The van der Waals surface area contributed by atoms with E-state index in [0.717, 1.165) is 19.3 Å². The van der Waals surface area contributed by atoms with Gasteiger partial charge in [-0.2, -0.15) is 5.26 Å². The van der Waals surface area contributed by atoms with Crippen molar-refractivity contribution in [3.63, 3.8) is 0 Å². The van der Waals surface area contributed by atoms with E-state index in [-0.39, 0.29) is 23.6 Å². The number of nitro benzene ring substituents is 1. The van der Waals surface area contributed by atoms with Gasteiger partial charge in [0, 0.05) is 6.07 Å². The molecule has 0 heterocycles. The fraction of sp³-hybridized carbons (Fsp3) is 0.500. The van der Waals surface area contributed by atoms with Crippen molar-refractivity contribution in [2.75, 3.05) is 6.61 Å². The summed E-state index contributed by atoms with van der Waals surface area (Å²) in [6.45, 7) is 0.0374. The second-order valence-corrected chi connectivity index (χ2v) is 6.41. The van der Waals surface area contributed by atoms with Crippen LogP contribution in [-0.2, 0) is 0 Å². The minimum atomic E-state index is -0.914. The van der Waals surface area contributed by atoms with Crippen molar-refractivity contribution in [3.05, 3.63) is 31.4 Å². The standard InChI is InChI=1S/C14H15IN2O4/c15-11-6-10(8-16)7-12(17(19)20)13(11)21-9-14(18)4-2-1-3-5-14/h6-7,18H,1-5,9H2. The SMILES string of the molecule is N#Cc1cc(I)c(OCC2(O)CCCCC2)c([N+](=O)[O-])c1. The molecule has 1 saturated carbocycles. The molecule has 1 fully saturated rings. The lowest BCUT2D eigenvalue weighted by atomic mass is 9.85. The molecular formula is C14H15IN2O4. The molecule has 1 aliphatic carbocycles. The van der Waals surface area contributed by atoms with Crippen LogP contribution in [0.1, 0.15) is 37.7 Å². The van der Waals surface area contributed by atoms with E-state index in [9.17, 15) is 15.2 Å². The van der Waals surface area contributed by atoms with Crippen molar-refractivity contribution >= 4 is 28.3 Å². The third kappa shape index (κ3) is 3.83. The third-order valence-corrected chi connectivity index (χ3v) is 4.42. The molecule has 1 N–H and O–H groups in total. The largest absolute Gasteiger partial charge is 0.483 e. The van der Waals surface area contributed by atoms with Crippen LogP contribution in [0.5, 0.6) is 5.75 Å². The molecule has 1 aliphatic rings. The lowest BCUT2D eigenvalue weighted by molar-refractivity contribution is -0.386. The quantitative estimate of drug-likeness (QED) is 0.474. The number of benzene rings is 1. The third-order valence-electron chi connectivity index (χ3n) is 3.62. The molecule has 0 aliphatic heterocycles. The van der Waals surface area contributed by atoms with Crippen molar-refractivity contribution in [2.24, 2.45) is 0 Å². The minimum Gasteiger partial charge on any atom is -0.483 e. The maximum absolute atomic E-state index is 11.1. The van der Waals surface area contributed by atoms with E-state index in [1.165, 1.54) is 12.1 Å². The zero-order chi connectivity index (χ0) is 15.5. The summed E-state index contributed by atoms with van der Waals surface area (Å²) in [5.41, 5.74) is -0.934. The Balaban J connectivity index is 2.23. The van der Waals surface area contributed by atoms with Crippen molar-refractivity contribution in [1.82, 2.24) is 0 Å². The van der Waals surface area contributed by atoms with E-state index in [0.29, 0.717) is 16.4 Å². The molecule has 0 unspecified atom stereocenters. The number of nitro groups is 1. The van der Waals surface area contributed by atoms with Gasteiger partial charge < -0.3 is 9.84 Å². The summed E-state index contributed by atoms with van der Waals surface area (Å²) >= 11 is 1.91. The van der Waals surface area contributed by atoms with Crippen LogP contribution < -0.4 is 4.74 Å². The van der Waals surface area contributed by atoms with Crippen molar-refractivity contribution in [3.8, 4) is 11.8 Å². The Labute approximate surface area is 136 Å². The van der Waals surface area contributed by atoms with Gasteiger partial charge in [0.2, 0.25) is 5.75 Å². The summed E-state index contributed by atoms with van der Waals surface area (Å²) < 4.78 is 6.06. The van der Waals surface area contributed by atoms with Gasteiger partial charge in [-0.15, -0.1) is 0 Å². The molecule has 0 radical (unpaired) electrons. The van der Waals surface area contributed by atoms with Crippen molar-refractivity contribution in [1.29, 1.82) is 5.26 Å². The van der Waals surface area contributed by atoms with E-state index in [1.807, 2.05) is 28.7 Å². The lowest BCUT2D eigenvalue weighted by Crippen LogP contribution is -2.38. The molecule has 112 valence electrons.